The predicted molar refractivity (Wildman–Crippen MR) is 106 cm³/mol. The minimum atomic E-state index is -0.676. The molecule has 140 valence electrons. The fourth-order valence-electron chi connectivity index (χ4n) is 4.34. The quantitative estimate of drug-likeness (QED) is 0.886. The molecule has 0 spiro atoms. The van der Waals surface area contributed by atoms with E-state index < -0.39 is 5.41 Å². The van der Waals surface area contributed by atoms with Crippen LogP contribution < -0.4 is 5.73 Å². The lowest BCUT2D eigenvalue weighted by molar-refractivity contribution is -0.138. The summed E-state index contributed by atoms with van der Waals surface area (Å²) in [6.45, 7) is 1.08. The summed E-state index contributed by atoms with van der Waals surface area (Å²) in [7, 11) is 0. The van der Waals surface area contributed by atoms with Crippen molar-refractivity contribution >= 4 is 11.8 Å². The molecule has 1 heterocycles. The van der Waals surface area contributed by atoms with E-state index in [9.17, 15) is 9.59 Å². The van der Waals surface area contributed by atoms with Crippen molar-refractivity contribution in [2.75, 3.05) is 13.1 Å². The van der Waals surface area contributed by atoms with Gasteiger partial charge in [-0.2, -0.15) is 0 Å². The molecule has 1 aliphatic heterocycles. The van der Waals surface area contributed by atoms with Crippen molar-refractivity contribution in [2.45, 2.75) is 32.1 Å². The number of benzene rings is 2. The highest BCUT2D eigenvalue weighted by Gasteiger charge is 2.46. The lowest BCUT2D eigenvalue weighted by atomic mass is 9.78. The first-order valence-electron chi connectivity index (χ1n) is 9.81. The van der Waals surface area contributed by atoms with Crippen LogP contribution in [0.4, 0.5) is 0 Å². The van der Waals surface area contributed by atoms with Gasteiger partial charge in [0.2, 0.25) is 11.8 Å². The zero-order valence-electron chi connectivity index (χ0n) is 15.6. The van der Waals surface area contributed by atoms with Crippen molar-refractivity contribution in [3.05, 3.63) is 60.2 Å². The van der Waals surface area contributed by atoms with Crippen LogP contribution in [0.1, 0.15) is 31.2 Å². The summed E-state index contributed by atoms with van der Waals surface area (Å²) >= 11 is 0. The third-order valence-corrected chi connectivity index (χ3v) is 6.27. The van der Waals surface area contributed by atoms with Crippen molar-refractivity contribution in [1.29, 1.82) is 0 Å². The number of nitrogens with zero attached hydrogens (tertiary/aromatic N) is 1. The molecule has 4 heteroatoms. The van der Waals surface area contributed by atoms with Gasteiger partial charge in [-0.15, -0.1) is 0 Å². The number of likely N-dealkylation sites (tertiary alicyclic amines) is 1. The van der Waals surface area contributed by atoms with Crippen LogP contribution in [0.25, 0.3) is 11.1 Å². The van der Waals surface area contributed by atoms with Gasteiger partial charge in [-0.25, -0.2) is 0 Å². The van der Waals surface area contributed by atoms with Gasteiger partial charge >= 0.3 is 0 Å². The Bertz CT molecular complexity index is 844. The molecule has 0 bridgehead atoms. The van der Waals surface area contributed by atoms with E-state index in [1.54, 1.807) is 0 Å². The Kier molecular flexibility index (Phi) is 4.73. The lowest BCUT2D eigenvalue weighted by Crippen LogP contribution is -2.44. The molecular weight excluding hydrogens is 336 g/mol. The standard InChI is InChI=1S/C23H26N2O2/c24-22(27)23(13-14-25(16-23)21(26)18-10-6-11-18)15-19-9-4-5-12-20(19)17-7-2-1-3-8-17/h1-5,7-9,12,18H,6,10-11,13-16H2,(H2,24,27)/t23-/m0/s1. The number of primary amides is 1. The van der Waals surface area contributed by atoms with Crippen LogP contribution in [0.3, 0.4) is 0 Å². The first-order valence-corrected chi connectivity index (χ1v) is 9.81. The number of hydrogen-bond acceptors (Lipinski definition) is 2. The van der Waals surface area contributed by atoms with Crippen LogP contribution >= 0.6 is 0 Å². The van der Waals surface area contributed by atoms with E-state index in [1.165, 1.54) is 0 Å². The van der Waals surface area contributed by atoms with Gasteiger partial charge in [0.05, 0.1) is 5.41 Å². The summed E-state index contributed by atoms with van der Waals surface area (Å²) in [5.74, 6) is 0.0697. The van der Waals surface area contributed by atoms with Gasteiger partial charge in [0.15, 0.2) is 0 Å². The van der Waals surface area contributed by atoms with Crippen LogP contribution in [0.15, 0.2) is 54.6 Å². The number of amides is 2. The van der Waals surface area contributed by atoms with E-state index >= 15 is 0 Å². The van der Waals surface area contributed by atoms with Crippen LogP contribution in [-0.4, -0.2) is 29.8 Å². The first kappa shape index (κ1) is 17.8. The normalized spacial score (nSPS) is 22.4. The number of nitrogens with two attached hydrogens (primary N) is 1. The largest absolute Gasteiger partial charge is 0.369 e. The molecule has 0 radical (unpaired) electrons. The molecule has 2 aromatic carbocycles. The number of hydrogen-bond donors (Lipinski definition) is 1. The summed E-state index contributed by atoms with van der Waals surface area (Å²) in [4.78, 5) is 27.0. The van der Waals surface area contributed by atoms with E-state index in [0.29, 0.717) is 25.9 Å². The summed E-state index contributed by atoms with van der Waals surface area (Å²) in [5.41, 5.74) is 8.57. The SMILES string of the molecule is NC(=O)[C@]1(Cc2ccccc2-c2ccccc2)CCN(C(=O)C2CCC2)C1. The van der Waals surface area contributed by atoms with Crippen LogP contribution in [0, 0.1) is 11.3 Å². The maximum absolute atomic E-state index is 12.7. The molecule has 1 atom stereocenters. The molecule has 2 fully saturated rings. The molecule has 2 aliphatic rings. The second-order valence-electron chi connectivity index (χ2n) is 7.98. The highest BCUT2D eigenvalue weighted by Crippen LogP contribution is 2.39. The van der Waals surface area contributed by atoms with Crippen molar-refractivity contribution in [3.8, 4) is 11.1 Å². The molecule has 2 amide bonds. The molecule has 4 rings (SSSR count). The van der Waals surface area contributed by atoms with Crippen molar-refractivity contribution < 1.29 is 9.59 Å². The third kappa shape index (κ3) is 3.36. The van der Waals surface area contributed by atoms with E-state index in [4.69, 9.17) is 5.73 Å². The minimum absolute atomic E-state index is 0.158. The zero-order valence-corrected chi connectivity index (χ0v) is 15.6. The Morgan fingerprint density at radius 3 is 2.41 bits per heavy atom. The van der Waals surface area contributed by atoms with Crippen molar-refractivity contribution in [1.82, 2.24) is 4.90 Å². The Balaban J connectivity index is 1.60. The first-order chi connectivity index (χ1) is 13.1. The van der Waals surface area contributed by atoms with Gasteiger partial charge in [0, 0.05) is 19.0 Å². The Morgan fingerprint density at radius 2 is 1.74 bits per heavy atom. The predicted octanol–water partition coefficient (Wildman–Crippen LogP) is 3.40. The second kappa shape index (κ2) is 7.18. The Morgan fingerprint density at radius 1 is 1.04 bits per heavy atom. The minimum Gasteiger partial charge on any atom is -0.369 e. The highest BCUT2D eigenvalue weighted by molar-refractivity contribution is 5.85. The van der Waals surface area contributed by atoms with Gasteiger partial charge in [-0.05, 0) is 42.4 Å². The van der Waals surface area contributed by atoms with E-state index in [-0.39, 0.29) is 17.7 Å². The maximum Gasteiger partial charge on any atom is 0.225 e. The molecule has 0 unspecified atom stereocenters. The number of carbonyl (C=O) groups excluding carboxylic acids is 2. The van der Waals surface area contributed by atoms with Gasteiger partial charge in [0.1, 0.15) is 0 Å². The van der Waals surface area contributed by atoms with E-state index in [0.717, 1.165) is 36.0 Å². The summed E-state index contributed by atoms with van der Waals surface area (Å²) in [6.07, 6.45) is 4.31. The zero-order chi connectivity index (χ0) is 18.9. The van der Waals surface area contributed by atoms with Gasteiger partial charge < -0.3 is 10.6 Å². The molecule has 2 N–H and O–H groups in total. The summed E-state index contributed by atoms with van der Waals surface area (Å²) in [6, 6.07) is 18.4. The third-order valence-electron chi connectivity index (χ3n) is 6.27. The lowest BCUT2D eigenvalue weighted by Gasteiger charge is -2.31. The number of rotatable bonds is 5. The fourth-order valence-corrected chi connectivity index (χ4v) is 4.34. The summed E-state index contributed by atoms with van der Waals surface area (Å²) in [5, 5.41) is 0. The fraction of sp³-hybridized carbons (Fsp3) is 0.391. The summed E-state index contributed by atoms with van der Waals surface area (Å²) < 4.78 is 0. The van der Waals surface area contributed by atoms with Crippen molar-refractivity contribution in [2.24, 2.45) is 17.1 Å². The average molecular weight is 362 g/mol. The average Bonchev–Trinajstić information content (AvgIpc) is 3.07. The Labute approximate surface area is 160 Å². The number of carbonyl (C=O) groups is 2. The molecule has 2 aromatic rings. The smallest absolute Gasteiger partial charge is 0.225 e. The van der Waals surface area contributed by atoms with E-state index in [1.807, 2.05) is 35.2 Å². The van der Waals surface area contributed by atoms with Crippen LogP contribution in [-0.2, 0) is 16.0 Å². The monoisotopic (exact) mass is 362 g/mol. The molecule has 1 saturated carbocycles. The van der Waals surface area contributed by atoms with Gasteiger partial charge in [0.25, 0.3) is 0 Å². The molecule has 1 aliphatic carbocycles. The van der Waals surface area contributed by atoms with Crippen molar-refractivity contribution in [3.63, 3.8) is 0 Å². The topological polar surface area (TPSA) is 63.4 Å². The molecule has 0 aromatic heterocycles. The van der Waals surface area contributed by atoms with Crippen LogP contribution in [0.2, 0.25) is 0 Å². The molecule has 4 nitrogen and oxygen atoms in total. The maximum atomic E-state index is 12.7. The highest BCUT2D eigenvalue weighted by atomic mass is 16.2. The molecule has 1 saturated heterocycles. The van der Waals surface area contributed by atoms with E-state index in [2.05, 4.69) is 24.3 Å². The second-order valence-corrected chi connectivity index (χ2v) is 7.98. The molecule has 27 heavy (non-hydrogen) atoms. The van der Waals surface area contributed by atoms with Gasteiger partial charge in [-0.3, -0.25) is 9.59 Å². The van der Waals surface area contributed by atoms with Crippen LogP contribution in [0.5, 0.6) is 0 Å². The van der Waals surface area contributed by atoms with Gasteiger partial charge in [-0.1, -0.05) is 61.0 Å². The molecular formula is C23H26N2O2. The Hall–Kier alpha value is -2.62.